The SMILES string of the molecule is COc1ccc2c(c1)C=C(C(=O)N1C[C@@H](C)N(C(C)C)[C@@H](C)C1)Cn1c-2c(C2CCCCC2)c2ccc(C(=O)NS(=O)(=O)N(C)C)cc21. The van der Waals surface area contributed by atoms with E-state index >= 15 is 0 Å². The van der Waals surface area contributed by atoms with E-state index in [0.717, 1.165) is 63.5 Å². The number of hydrogen-bond donors (Lipinski definition) is 1. The second-order valence-electron chi connectivity index (χ2n) is 14.2. The number of carbonyl (C=O) groups is 2. The van der Waals surface area contributed by atoms with Gasteiger partial charge in [0.1, 0.15) is 5.75 Å². The molecule has 1 saturated heterocycles. The average molecular weight is 676 g/mol. The van der Waals surface area contributed by atoms with Crippen molar-refractivity contribution >= 4 is 39.0 Å². The molecule has 2 amide bonds. The summed E-state index contributed by atoms with van der Waals surface area (Å²) in [4.78, 5) is 32.3. The lowest BCUT2D eigenvalue weighted by Crippen LogP contribution is -2.60. The van der Waals surface area contributed by atoms with Gasteiger partial charge in [-0.2, -0.15) is 12.7 Å². The minimum absolute atomic E-state index is 0.00534. The molecule has 0 unspecified atom stereocenters. The Balaban J connectivity index is 1.52. The van der Waals surface area contributed by atoms with Crippen LogP contribution in [-0.2, 0) is 21.5 Å². The molecular formula is C37H49N5O5S. The summed E-state index contributed by atoms with van der Waals surface area (Å²) in [6.45, 7) is 10.4. The highest BCUT2D eigenvalue weighted by Crippen LogP contribution is 2.47. The van der Waals surface area contributed by atoms with Crippen LogP contribution >= 0.6 is 0 Å². The number of nitrogens with one attached hydrogen (secondary N) is 1. The number of rotatable bonds is 7. The Morgan fingerprint density at radius 1 is 0.979 bits per heavy atom. The summed E-state index contributed by atoms with van der Waals surface area (Å²) in [5, 5.41) is 1.03. The smallest absolute Gasteiger partial charge is 0.303 e. The van der Waals surface area contributed by atoms with Gasteiger partial charge in [0, 0.05) is 72.9 Å². The van der Waals surface area contributed by atoms with Crippen LogP contribution in [0.3, 0.4) is 0 Å². The highest BCUT2D eigenvalue weighted by Gasteiger charge is 2.36. The highest BCUT2D eigenvalue weighted by atomic mass is 32.2. The molecule has 1 aliphatic carbocycles. The fraction of sp³-hybridized carbons (Fsp3) is 0.514. The van der Waals surface area contributed by atoms with Gasteiger partial charge < -0.3 is 14.2 Å². The standard InChI is InChI=1S/C37H49N5O5S/c1-23(2)42-24(3)20-40(21-25(42)4)37(44)29-17-28-18-30(47-7)14-16-31(28)35-34(26-11-9-8-10-12-26)32-15-13-27(19-33(32)41(35)22-29)36(43)38-48(45,46)39(5)6/h13-19,23-26H,8-12,20-22H2,1-7H3,(H,38,43)/t24-,25+. The molecule has 2 aromatic carbocycles. The summed E-state index contributed by atoms with van der Waals surface area (Å²) in [7, 11) is 0.430. The van der Waals surface area contributed by atoms with E-state index in [1.54, 1.807) is 19.2 Å². The van der Waals surface area contributed by atoms with Gasteiger partial charge in [0.15, 0.2) is 0 Å². The highest BCUT2D eigenvalue weighted by molar-refractivity contribution is 7.87. The molecule has 0 spiro atoms. The van der Waals surface area contributed by atoms with E-state index in [4.69, 9.17) is 4.74 Å². The van der Waals surface area contributed by atoms with Gasteiger partial charge in [-0.3, -0.25) is 14.5 Å². The van der Waals surface area contributed by atoms with Crippen LogP contribution in [0.5, 0.6) is 5.75 Å². The molecule has 258 valence electrons. The van der Waals surface area contributed by atoms with Crippen molar-refractivity contribution in [2.75, 3.05) is 34.3 Å². The minimum atomic E-state index is -3.98. The molecule has 10 nitrogen and oxygen atoms in total. The van der Waals surface area contributed by atoms with E-state index in [0.29, 0.717) is 37.2 Å². The number of benzene rings is 2. The van der Waals surface area contributed by atoms with E-state index in [1.165, 1.54) is 26.1 Å². The zero-order valence-electron chi connectivity index (χ0n) is 29.2. The molecule has 1 aromatic heterocycles. The number of ether oxygens (including phenoxy) is 1. The topological polar surface area (TPSA) is 104 Å². The van der Waals surface area contributed by atoms with Crippen LogP contribution in [0, 0.1) is 0 Å². The Morgan fingerprint density at radius 2 is 1.67 bits per heavy atom. The van der Waals surface area contributed by atoms with Crippen LogP contribution in [0.1, 0.15) is 87.2 Å². The van der Waals surface area contributed by atoms with Crippen molar-refractivity contribution in [1.82, 2.24) is 23.4 Å². The van der Waals surface area contributed by atoms with E-state index in [1.807, 2.05) is 29.2 Å². The van der Waals surface area contributed by atoms with Crippen molar-refractivity contribution in [3.05, 3.63) is 58.7 Å². The van der Waals surface area contributed by atoms with Crippen molar-refractivity contribution in [2.45, 2.75) is 90.4 Å². The van der Waals surface area contributed by atoms with Crippen molar-refractivity contribution in [1.29, 1.82) is 0 Å². The molecule has 3 aliphatic rings. The van der Waals surface area contributed by atoms with Gasteiger partial charge in [0.25, 0.3) is 11.8 Å². The fourth-order valence-electron chi connectivity index (χ4n) is 8.30. The van der Waals surface area contributed by atoms with Crippen LogP contribution < -0.4 is 9.46 Å². The summed E-state index contributed by atoms with van der Waals surface area (Å²) in [6.07, 6.45) is 7.66. The molecule has 48 heavy (non-hydrogen) atoms. The van der Waals surface area contributed by atoms with E-state index < -0.39 is 16.1 Å². The normalized spacial score (nSPS) is 20.8. The van der Waals surface area contributed by atoms with Gasteiger partial charge in [-0.25, -0.2) is 4.72 Å². The van der Waals surface area contributed by atoms with Crippen molar-refractivity contribution < 1.29 is 22.7 Å². The Hall–Kier alpha value is -3.67. The maximum absolute atomic E-state index is 14.5. The molecule has 0 radical (unpaired) electrons. The average Bonchev–Trinajstić information content (AvgIpc) is 3.26. The van der Waals surface area contributed by atoms with Gasteiger partial charge >= 0.3 is 10.2 Å². The lowest BCUT2D eigenvalue weighted by molar-refractivity contribution is -0.132. The molecule has 2 atom stereocenters. The Bertz CT molecular complexity index is 1860. The molecule has 3 aromatic rings. The number of hydrogen-bond acceptors (Lipinski definition) is 6. The predicted octanol–water partition coefficient (Wildman–Crippen LogP) is 5.63. The first-order valence-electron chi connectivity index (χ1n) is 17.2. The van der Waals surface area contributed by atoms with Crippen LogP contribution in [0.25, 0.3) is 28.2 Å². The van der Waals surface area contributed by atoms with Crippen molar-refractivity contribution in [2.24, 2.45) is 0 Å². The second-order valence-corrected chi connectivity index (χ2v) is 16.1. The first-order chi connectivity index (χ1) is 22.8. The van der Waals surface area contributed by atoms with Crippen LogP contribution in [-0.4, -0.2) is 91.3 Å². The Kier molecular flexibility index (Phi) is 9.50. The monoisotopic (exact) mass is 675 g/mol. The van der Waals surface area contributed by atoms with Gasteiger partial charge in [-0.05, 0) is 94.0 Å². The Labute approximate surface area is 284 Å². The summed E-state index contributed by atoms with van der Waals surface area (Å²) in [5.74, 6) is 0.349. The summed E-state index contributed by atoms with van der Waals surface area (Å²) < 4.78 is 36.1. The van der Waals surface area contributed by atoms with Gasteiger partial charge in [0.05, 0.1) is 19.3 Å². The molecular weight excluding hydrogens is 627 g/mol. The molecule has 0 bridgehead atoms. The largest absolute Gasteiger partial charge is 0.497 e. The Morgan fingerprint density at radius 3 is 2.29 bits per heavy atom. The third-order valence-corrected chi connectivity index (χ3v) is 11.8. The number of nitrogens with zero attached hydrogens (tertiary/aromatic N) is 4. The second kappa shape index (κ2) is 13.3. The summed E-state index contributed by atoms with van der Waals surface area (Å²) >= 11 is 0. The number of aromatic nitrogens is 1. The molecule has 1 N–H and O–H groups in total. The molecule has 1 saturated carbocycles. The van der Waals surface area contributed by atoms with Crippen LogP contribution in [0.4, 0.5) is 0 Å². The number of amides is 2. The fourth-order valence-corrected chi connectivity index (χ4v) is 8.84. The minimum Gasteiger partial charge on any atom is -0.497 e. The van der Waals surface area contributed by atoms with E-state index in [9.17, 15) is 18.0 Å². The maximum atomic E-state index is 14.5. The molecule has 2 fully saturated rings. The van der Waals surface area contributed by atoms with Gasteiger partial charge in [-0.15, -0.1) is 0 Å². The number of fused-ring (bicyclic) bond motifs is 5. The lowest BCUT2D eigenvalue weighted by atomic mass is 9.81. The molecule has 3 heterocycles. The van der Waals surface area contributed by atoms with Crippen LogP contribution in [0.2, 0.25) is 0 Å². The number of piperazine rings is 1. The van der Waals surface area contributed by atoms with Gasteiger partial charge in [0.2, 0.25) is 0 Å². The van der Waals surface area contributed by atoms with Crippen molar-refractivity contribution in [3.63, 3.8) is 0 Å². The zero-order valence-corrected chi connectivity index (χ0v) is 30.1. The number of methoxy groups -OCH3 is 1. The first kappa shape index (κ1) is 34.2. The summed E-state index contributed by atoms with van der Waals surface area (Å²) in [6, 6.07) is 12.3. The summed E-state index contributed by atoms with van der Waals surface area (Å²) in [5.41, 5.74) is 5.95. The molecule has 11 heteroatoms. The zero-order chi connectivity index (χ0) is 34.5. The molecule has 6 rings (SSSR count). The third-order valence-electron chi connectivity index (χ3n) is 10.4. The lowest BCUT2D eigenvalue weighted by Gasteiger charge is -2.46. The number of carbonyl (C=O) groups excluding carboxylic acids is 2. The molecule has 2 aliphatic heterocycles. The predicted molar refractivity (Wildman–Crippen MR) is 190 cm³/mol. The van der Waals surface area contributed by atoms with E-state index in [-0.39, 0.29) is 23.6 Å². The third kappa shape index (κ3) is 6.28. The quantitative estimate of drug-likeness (QED) is 0.349. The maximum Gasteiger partial charge on any atom is 0.303 e. The van der Waals surface area contributed by atoms with Crippen LogP contribution in [0.15, 0.2) is 42.0 Å². The van der Waals surface area contributed by atoms with Crippen molar-refractivity contribution in [3.8, 4) is 17.0 Å². The van der Waals surface area contributed by atoms with Gasteiger partial charge in [-0.1, -0.05) is 25.3 Å². The first-order valence-corrected chi connectivity index (χ1v) is 18.6. The van der Waals surface area contributed by atoms with E-state index in [2.05, 4.69) is 48.0 Å².